The van der Waals surface area contributed by atoms with E-state index in [0.29, 0.717) is 12.0 Å². The highest BCUT2D eigenvalue weighted by molar-refractivity contribution is 6.07. The molecule has 0 aliphatic carbocycles. The average molecular weight is 321 g/mol. The van der Waals surface area contributed by atoms with Crippen molar-refractivity contribution in [3.63, 3.8) is 0 Å². The molecule has 122 valence electrons. The molecule has 0 fully saturated rings. The molecule has 2 aromatic carbocycles. The minimum Gasteiger partial charge on any atom is -0.313 e. The average Bonchev–Trinajstić information content (AvgIpc) is 2.84. The summed E-state index contributed by atoms with van der Waals surface area (Å²) in [5.41, 5.74) is 6.77. The number of para-hydroxylation sites is 1. The molecule has 5 nitrogen and oxygen atoms in total. The standard InChI is InChI=1S/C19H19N3O2/c1-3-13-19(21-20-17(23)14-9-5-4-6-10-14)15-11-7-8-12-16(15)22(2)18(19)24/h3-12,21H,1,13H2,2H3,(H,20,23). The summed E-state index contributed by atoms with van der Waals surface area (Å²) < 4.78 is 0. The summed E-state index contributed by atoms with van der Waals surface area (Å²) in [6.45, 7) is 3.76. The highest BCUT2D eigenvalue weighted by atomic mass is 16.2. The summed E-state index contributed by atoms with van der Waals surface area (Å²) in [6.07, 6.45) is 2.04. The monoisotopic (exact) mass is 321 g/mol. The van der Waals surface area contributed by atoms with E-state index in [1.165, 1.54) is 0 Å². The Hall–Kier alpha value is -2.92. The number of hydrogen-bond acceptors (Lipinski definition) is 3. The maximum Gasteiger partial charge on any atom is 0.265 e. The van der Waals surface area contributed by atoms with Crippen LogP contribution in [0.4, 0.5) is 5.69 Å². The third kappa shape index (κ3) is 2.49. The van der Waals surface area contributed by atoms with Crippen molar-refractivity contribution in [3.8, 4) is 0 Å². The molecular formula is C19H19N3O2. The Kier molecular flexibility index (Phi) is 4.18. The van der Waals surface area contributed by atoms with Crippen LogP contribution in [-0.4, -0.2) is 18.9 Å². The Morgan fingerprint density at radius 1 is 1.17 bits per heavy atom. The molecule has 1 unspecified atom stereocenters. The number of hydrogen-bond donors (Lipinski definition) is 2. The van der Waals surface area contributed by atoms with Gasteiger partial charge in [-0.25, -0.2) is 5.43 Å². The summed E-state index contributed by atoms with van der Waals surface area (Å²) in [7, 11) is 1.73. The molecule has 2 N–H and O–H groups in total. The molecule has 0 radical (unpaired) electrons. The first-order valence-electron chi connectivity index (χ1n) is 7.71. The van der Waals surface area contributed by atoms with Gasteiger partial charge in [0.05, 0.1) is 0 Å². The lowest BCUT2D eigenvalue weighted by molar-refractivity contribution is -0.124. The minimum atomic E-state index is -1.04. The van der Waals surface area contributed by atoms with E-state index in [4.69, 9.17) is 0 Å². The summed E-state index contributed by atoms with van der Waals surface area (Å²) in [5.74, 6) is -0.421. The van der Waals surface area contributed by atoms with Crippen molar-refractivity contribution >= 4 is 17.5 Å². The number of anilines is 1. The number of fused-ring (bicyclic) bond motifs is 1. The van der Waals surface area contributed by atoms with E-state index in [1.807, 2.05) is 30.3 Å². The first kappa shape index (κ1) is 16.0. The summed E-state index contributed by atoms with van der Waals surface area (Å²) in [5, 5.41) is 0. The van der Waals surface area contributed by atoms with Gasteiger partial charge in [0.1, 0.15) is 5.54 Å². The molecular weight excluding hydrogens is 302 g/mol. The van der Waals surface area contributed by atoms with Crippen LogP contribution in [0.3, 0.4) is 0 Å². The molecule has 1 atom stereocenters. The number of carbonyl (C=O) groups excluding carboxylic acids is 2. The van der Waals surface area contributed by atoms with E-state index in [0.717, 1.165) is 11.3 Å². The second kappa shape index (κ2) is 6.29. The number of hydrazine groups is 1. The Bertz CT molecular complexity index is 788. The van der Waals surface area contributed by atoms with Gasteiger partial charge in [-0.15, -0.1) is 6.58 Å². The second-order valence-corrected chi connectivity index (χ2v) is 5.72. The van der Waals surface area contributed by atoms with Crippen molar-refractivity contribution in [1.82, 2.24) is 10.9 Å². The quantitative estimate of drug-likeness (QED) is 0.656. The SMILES string of the molecule is C=CCC1(NNC(=O)c2ccccc2)C(=O)N(C)c2ccccc21. The van der Waals surface area contributed by atoms with Gasteiger partial charge in [-0.1, -0.05) is 42.5 Å². The van der Waals surface area contributed by atoms with Crippen LogP contribution in [0.1, 0.15) is 22.3 Å². The van der Waals surface area contributed by atoms with Crippen molar-refractivity contribution in [2.24, 2.45) is 0 Å². The molecule has 1 heterocycles. The van der Waals surface area contributed by atoms with Crippen molar-refractivity contribution < 1.29 is 9.59 Å². The van der Waals surface area contributed by atoms with Crippen molar-refractivity contribution in [3.05, 3.63) is 78.4 Å². The molecule has 0 aromatic heterocycles. The topological polar surface area (TPSA) is 61.4 Å². The Morgan fingerprint density at radius 3 is 2.54 bits per heavy atom. The molecule has 3 rings (SSSR count). The molecule has 2 aromatic rings. The van der Waals surface area contributed by atoms with Crippen LogP contribution in [-0.2, 0) is 10.3 Å². The Morgan fingerprint density at radius 2 is 1.83 bits per heavy atom. The third-order valence-corrected chi connectivity index (χ3v) is 4.27. The van der Waals surface area contributed by atoms with E-state index in [2.05, 4.69) is 17.4 Å². The van der Waals surface area contributed by atoms with E-state index in [1.54, 1.807) is 42.3 Å². The number of rotatable bonds is 5. The smallest absolute Gasteiger partial charge is 0.265 e. The Balaban J connectivity index is 1.91. The van der Waals surface area contributed by atoms with Crippen LogP contribution in [0.2, 0.25) is 0 Å². The number of amides is 2. The molecule has 24 heavy (non-hydrogen) atoms. The van der Waals surface area contributed by atoms with Crippen molar-refractivity contribution in [1.29, 1.82) is 0 Å². The highest BCUT2D eigenvalue weighted by Crippen LogP contribution is 2.41. The molecule has 1 aliphatic rings. The molecule has 1 aliphatic heterocycles. The zero-order valence-electron chi connectivity index (χ0n) is 13.5. The number of likely N-dealkylation sites (N-methyl/N-ethyl adjacent to an activating group) is 1. The lowest BCUT2D eigenvalue weighted by Crippen LogP contribution is -2.56. The van der Waals surface area contributed by atoms with Crippen LogP contribution in [0.15, 0.2) is 67.3 Å². The van der Waals surface area contributed by atoms with Gasteiger partial charge in [-0.2, -0.15) is 0 Å². The normalized spacial score (nSPS) is 19.0. The predicted molar refractivity (Wildman–Crippen MR) is 93.4 cm³/mol. The summed E-state index contributed by atoms with van der Waals surface area (Å²) in [6, 6.07) is 16.4. The first-order chi connectivity index (χ1) is 11.6. The third-order valence-electron chi connectivity index (χ3n) is 4.27. The number of benzene rings is 2. The maximum absolute atomic E-state index is 12.9. The van der Waals surface area contributed by atoms with Gasteiger partial charge in [-0.3, -0.25) is 15.0 Å². The van der Waals surface area contributed by atoms with Crippen molar-refractivity contribution in [2.45, 2.75) is 12.0 Å². The van der Waals surface area contributed by atoms with Crippen LogP contribution in [0.25, 0.3) is 0 Å². The molecule has 0 spiro atoms. The zero-order chi connectivity index (χ0) is 17.2. The van der Waals surface area contributed by atoms with Gasteiger partial charge >= 0.3 is 0 Å². The van der Waals surface area contributed by atoms with Gasteiger partial charge in [0, 0.05) is 23.9 Å². The van der Waals surface area contributed by atoms with Gasteiger partial charge < -0.3 is 4.90 Å². The second-order valence-electron chi connectivity index (χ2n) is 5.72. The van der Waals surface area contributed by atoms with E-state index in [9.17, 15) is 9.59 Å². The minimum absolute atomic E-state index is 0.128. The molecule has 2 amide bonds. The van der Waals surface area contributed by atoms with Gasteiger partial charge in [0.15, 0.2) is 0 Å². The highest BCUT2D eigenvalue weighted by Gasteiger charge is 2.49. The molecule has 5 heteroatoms. The van der Waals surface area contributed by atoms with Crippen LogP contribution >= 0.6 is 0 Å². The summed E-state index contributed by atoms with van der Waals surface area (Å²) in [4.78, 5) is 26.8. The number of nitrogens with zero attached hydrogens (tertiary/aromatic N) is 1. The lowest BCUT2D eigenvalue weighted by Gasteiger charge is -2.28. The summed E-state index contributed by atoms with van der Waals surface area (Å²) >= 11 is 0. The van der Waals surface area contributed by atoms with E-state index >= 15 is 0 Å². The fraction of sp³-hybridized carbons (Fsp3) is 0.158. The van der Waals surface area contributed by atoms with Crippen LogP contribution in [0.5, 0.6) is 0 Å². The first-order valence-corrected chi connectivity index (χ1v) is 7.71. The van der Waals surface area contributed by atoms with Gasteiger partial charge in [0.2, 0.25) is 0 Å². The largest absolute Gasteiger partial charge is 0.313 e. The van der Waals surface area contributed by atoms with Gasteiger partial charge in [0.25, 0.3) is 11.8 Å². The van der Waals surface area contributed by atoms with E-state index in [-0.39, 0.29) is 11.8 Å². The molecule has 0 saturated carbocycles. The zero-order valence-corrected chi connectivity index (χ0v) is 13.5. The van der Waals surface area contributed by atoms with Crippen LogP contribution in [0, 0.1) is 0 Å². The molecule has 0 bridgehead atoms. The van der Waals surface area contributed by atoms with Gasteiger partial charge in [-0.05, 0) is 24.6 Å². The van der Waals surface area contributed by atoms with E-state index < -0.39 is 5.54 Å². The van der Waals surface area contributed by atoms with Crippen molar-refractivity contribution in [2.75, 3.05) is 11.9 Å². The fourth-order valence-corrected chi connectivity index (χ4v) is 3.05. The lowest BCUT2D eigenvalue weighted by atomic mass is 9.88. The number of carbonyl (C=O) groups is 2. The van der Waals surface area contributed by atoms with Crippen LogP contribution < -0.4 is 15.8 Å². The Labute approximate surface area is 141 Å². The maximum atomic E-state index is 12.9. The number of nitrogens with one attached hydrogen (secondary N) is 2. The molecule has 0 saturated heterocycles. The fourth-order valence-electron chi connectivity index (χ4n) is 3.05. The predicted octanol–water partition coefficient (Wildman–Crippen LogP) is 2.37.